The number of aliphatic hydroxyl groups is 1. The van der Waals surface area contributed by atoms with Gasteiger partial charge in [0.25, 0.3) is 5.56 Å². The van der Waals surface area contributed by atoms with Crippen LogP contribution in [-0.4, -0.2) is 25.7 Å². The molecule has 7 nitrogen and oxygen atoms in total. The molecule has 0 saturated carbocycles. The number of esters is 1. The number of hydrogen-bond acceptors (Lipinski definition) is 6. The molecule has 1 atom stereocenters. The first-order valence-electron chi connectivity index (χ1n) is 10.7. The summed E-state index contributed by atoms with van der Waals surface area (Å²) in [6, 6.07) is 7.56. The fourth-order valence-corrected chi connectivity index (χ4v) is 3.70. The number of phenolic OH excluding ortho intramolecular Hbond substituents is 1. The van der Waals surface area contributed by atoms with Crippen LogP contribution in [0.4, 0.5) is 0 Å². The number of phenols is 1. The molecule has 1 aromatic carbocycles. The highest BCUT2D eigenvalue weighted by Gasteiger charge is 2.45. The van der Waals surface area contributed by atoms with E-state index >= 15 is 0 Å². The zero-order valence-corrected chi connectivity index (χ0v) is 13.8. The van der Waals surface area contributed by atoms with Crippen LogP contribution in [0.3, 0.4) is 0 Å². The smallest absolute Gasteiger partial charge is 0.343 e. The molecule has 7 heteroatoms. The first-order chi connectivity index (χ1) is 14.9. The number of benzene rings is 1. The van der Waals surface area contributed by atoms with Gasteiger partial charge >= 0.3 is 5.97 Å². The molecule has 2 aromatic heterocycles. The maximum absolute atomic E-state index is 13.2. The van der Waals surface area contributed by atoms with Crippen LogP contribution in [0.5, 0.6) is 5.75 Å². The van der Waals surface area contributed by atoms with Gasteiger partial charge in [-0.1, -0.05) is 6.85 Å². The van der Waals surface area contributed by atoms with Crippen LogP contribution in [0.25, 0.3) is 22.3 Å². The molecule has 136 valence electrons. The zero-order chi connectivity index (χ0) is 23.2. The van der Waals surface area contributed by atoms with Crippen molar-refractivity contribution in [1.82, 2.24) is 9.55 Å². The number of cyclic esters (lactones) is 1. The standard InChI is InChI=1S/C20H16N2O5/c1-2-20(26)14-7-16-17-11(5-10-6-12(23)3-4-15(10)21-17)8-22(16)18(24)13(14)9-27-19(20)25/h3-7,23,26H,2,8-9H2,1H3/t20-/m0/s1/i1D3,2D2. The number of fused-ring (bicyclic) bond motifs is 5. The lowest BCUT2D eigenvalue weighted by atomic mass is 9.86. The Morgan fingerprint density at radius 2 is 2.22 bits per heavy atom. The van der Waals surface area contributed by atoms with E-state index in [4.69, 9.17) is 11.6 Å². The highest BCUT2D eigenvalue weighted by Crippen LogP contribution is 2.38. The molecule has 5 rings (SSSR count). The van der Waals surface area contributed by atoms with E-state index in [1.54, 1.807) is 12.1 Å². The van der Waals surface area contributed by atoms with Crippen molar-refractivity contribution in [3.8, 4) is 17.1 Å². The predicted molar refractivity (Wildman–Crippen MR) is 96.2 cm³/mol. The van der Waals surface area contributed by atoms with Gasteiger partial charge in [-0.3, -0.25) is 4.79 Å². The zero-order valence-electron chi connectivity index (χ0n) is 18.8. The summed E-state index contributed by atoms with van der Waals surface area (Å²) in [6.45, 7) is -3.79. The lowest BCUT2D eigenvalue weighted by Crippen LogP contribution is -2.44. The average molecular weight is 369 g/mol. The summed E-state index contributed by atoms with van der Waals surface area (Å²) < 4.78 is 45.0. The van der Waals surface area contributed by atoms with Crippen molar-refractivity contribution < 1.29 is 26.6 Å². The van der Waals surface area contributed by atoms with Gasteiger partial charge in [0, 0.05) is 23.4 Å². The van der Waals surface area contributed by atoms with Crippen LogP contribution in [0.2, 0.25) is 0 Å². The van der Waals surface area contributed by atoms with Crippen molar-refractivity contribution in [3.63, 3.8) is 0 Å². The number of pyridine rings is 2. The van der Waals surface area contributed by atoms with Crippen molar-refractivity contribution in [2.45, 2.75) is 32.0 Å². The molecule has 0 saturated heterocycles. The first kappa shape index (κ1) is 11.5. The fraction of sp³-hybridized carbons (Fsp3) is 0.250. The largest absolute Gasteiger partial charge is 0.508 e. The third-order valence-electron chi connectivity index (χ3n) is 5.06. The quantitative estimate of drug-likeness (QED) is 0.496. The Hall–Kier alpha value is -3.19. The number of hydrogen-bond donors (Lipinski definition) is 2. The van der Waals surface area contributed by atoms with Crippen LogP contribution in [0, 0.1) is 0 Å². The highest BCUT2D eigenvalue weighted by atomic mass is 16.6. The van der Waals surface area contributed by atoms with Crippen LogP contribution in [0.15, 0.2) is 35.1 Å². The van der Waals surface area contributed by atoms with Crippen molar-refractivity contribution in [1.29, 1.82) is 0 Å². The minimum absolute atomic E-state index is 0.0509. The number of carbonyl (C=O) groups excluding carboxylic acids is 1. The Bertz CT molecular complexity index is 1400. The lowest BCUT2D eigenvalue weighted by Gasteiger charge is -2.31. The van der Waals surface area contributed by atoms with Gasteiger partial charge in [0.15, 0.2) is 5.60 Å². The van der Waals surface area contributed by atoms with Gasteiger partial charge in [-0.05, 0) is 36.7 Å². The number of nitrogens with zero attached hydrogens (tertiary/aromatic N) is 2. The molecule has 0 bridgehead atoms. The highest BCUT2D eigenvalue weighted by molar-refractivity contribution is 5.86. The summed E-state index contributed by atoms with van der Waals surface area (Å²) in [5.74, 6) is -1.43. The SMILES string of the molecule is [2H]C([2H])([2H])C([2H])([2H])[C@@]1(O)C(=O)OCc2c1cc1n(c2=O)Cc2cc3cc(O)ccc3nc2-1. The number of ether oxygens (including phenoxy) is 1. The van der Waals surface area contributed by atoms with Crippen molar-refractivity contribution in [3.05, 3.63) is 57.4 Å². The van der Waals surface area contributed by atoms with E-state index in [0.717, 1.165) is 0 Å². The molecule has 0 unspecified atom stereocenters. The van der Waals surface area contributed by atoms with E-state index < -0.39 is 42.5 Å². The van der Waals surface area contributed by atoms with Gasteiger partial charge in [0.1, 0.15) is 12.4 Å². The minimum atomic E-state index is -3.44. The molecule has 0 radical (unpaired) electrons. The molecule has 0 spiro atoms. The van der Waals surface area contributed by atoms with Gasteiger partial charge in [-0.25, -0.2) is 9.78 Å². The summed E-state index contributed by atoms with van der Waals surface area (Å²) in [7, 11) is 0. The fourth-order valence-electron chi connectivity index (χ4n) is 3.70. The molecule has 0 amide bonds. The van der Waals surface area contributed by atoms with Crippen molar-refractivity contribution in [2.24, 2.45) is 0 Å². The number of aromatic hydroxyl groups is 1. The average Bonchev–Trinajstić information content (AvgIpc) is 3.06. The number of rotatable bonds is 1. The molecule has 0 fully saturated rings. The first-order valence-corrected chi connectivity index (χ1v) is 8.16. The number of aromatic nitrogens is 2. The van der Waals surface area contributed by atoms with E-state index in [1.807, 2.05) is 0 Å². The Balaban J connectivity index is 1.80. The predicted octanol–water partition coefficient (Wildman–Crippen LogP) is 1.79. The monoisotopic (exact) mass is 369 g/mol. The second-order valence-corrected chi connectivity index (χ2v) is 6.60. The molecule has 2 N–H and O–H groups in total. The van der Waals surface area contributed by atoms with E-state index in [1.165, 1.54) is 22.8 Å². The summed E-state index contributed by atoms with van der Waals surface area (Å²) in [6.07, 6.45) is -3.44. The lowest BCUT2D eigenvalue weighted by molar-refractivity contribution is -0.172. The molecule has 0 aliphatic carbocycles. The maximum atomic E-state index is 13.2. The molecule has 3 aromatic rings. The molecule has 4 heterocycles. The normalized spacial score (nSPS) is 23.9. The van der Waals surface area contributed by atoms with Crippen LogP contribution in [-0.2, 0) is 28.3 Å². The molecular weight excluding hydrogens is 348 g/mol. The molecule has 2 aliphatic heterocycles. The third-order valence-corrected chi connectivity index (χ3v) is 5.06. The molecular formula is C20H16N2O5. The van der Waals surface area contributed by atoms with E-state index in [-0.39, 0.29) is 23.6 Å². The van der Waals surface area contributed by atoms with Gasteiger partial charge in [0.05, 0.1) is 29.0 Å². The second-order valence-electron chi connectivity index (χ2n) is 6.60. The molecule has 27 heavy (non-hydrogen) atoms. The summed E-state index contributed by atoms with van der Waals surface area (Å²) in [5, 5.41) is 21.5. The Morgan fingerprint density at radius 1 is 1.37 bits per heavy atom. The van der Waals surface area contributed by atoms with Crippen LogP contribution in [0.1, 0.15) is 36.8 Å². The van der Waals surface area contributed by atoms with E-state index in [9.17, 15) is 19.8 Å². The van der Waals surface area contributed by atoms with Crippen LogP contribution >= 0.6 is 0 Å². The van der Waals surface area contributed by atoms with E-state index in [2.05, 4.69) is 4.98 Å². The maximum Gasteiger partial charge on any atom is 0.343 e. The van der Waals surface area contributed by atoms with E-state index in [0.29, 0.717) is 22.2 Å². The van der Waals surface area contributed by atoms with Gasteiger partial charge < -0.3 is 19.5 Å². The second kappa shape index (κ2) is 5.17. The number of carbonyl (C=O) groups is 1. The Labute approximate surface area is 160 Å². The molecule has 2 aliphatic rings. The topological polar surface area (TPSA) is 102 Å². The summed E-state index contributed by atoms with van der Waals surface area (Å²) in [4.78, 5) is 30.3. The minimum Gasteiger partial charge on any atom is -0.508 e. The Kier molecular flexibility index (Phi) is 2.20. The van der Waals surface area contributed by atoms with Gasteiger partial charge in [-0.2, -0.15) is 0 Å². The van der Waals surface area contributed by atoms with Crippen molar-refractivity contribution >= 4 is 16.9 Å². The third kappa shape index (κ3) is 2.03. The summed E-state index contributed by atoms with van der Waals surface area (Å²) >= 11 is 0. The van der Waals surface area contributed by atoms with Crippen molar-refractivity contribution in [2.75, 3.05) is 0 Å². The van der Waals surface area contributed by atoms with Gasteiger partial charge in [0.2, 0.25) is 0 Å². The summed E-state index contributed by atoms with van der Waals surface area (Å²) in [5.41, 5.74) is -2.75. The van der Waals surface area contributed by atoms with Gasteiger partial charge in [-0.15, -0.1) is 0 Å². The Morgan fingerprint density at radius 3 is 3.04 bits per heavy atom. The van der Waals surface area contributed by atoms with Crippen LogP contribution < -0.4 is 5.56 Å².